The smallest absolute Gasteiger partial charge is 0.475 e. The fraction of sp³-hybridized carbons (Fsp3) is 0.714. The van der Waals surface area contributed by atoms with E-state index in [-0.39, 0.29) is 11.3 Å². The Morgan fingerprint density at radius 1 is 1.35 bits per heavy atom. The fourth-order valence-electron chi connectivity index (χ4n) is 4.33. The number of alkyl halides is 3. The highest BCUT2D eigenvalue weighted by Crippen LogP contribution is 2.44. The van der Waals surface area contributed by atoms with Crippen LogP contribution in [-0.2, 0) is 20.9 Å². The Morgan fingerprint density at radius 3 is 2.65 bits per heavy atom. The second-order valence-electron chi connectivity index (χ2n) is 8.62. The maximum absolute atomic E-state index is 11.9. The third-order valence-electron chi connectivity index (χ3n) is 6.30. The van der Waals surface area contributed by atoms with Gasteiger partial charge in [0.2, 0.25) is 5.91 Å². The molecule has 0 spiro atoms. The highest BCUT2D eigenvalue weighted by molar-refractivity contribution is 7.10. The van der Waals surface area contributed by atoms with Gasteiger partial charge in [0, 0.05) is 49.0 Å². The average Bonchev–Trinajstić information content (AvgIpc) is 3.36. The van der Waals surface area contributed by atoms with Crippen LogP contribution in [0.5, 0.6) is 0 Å². The van der Waals surface area contributed by atoms with Crippen LogP contribution in [0.15, 0.2) is 11.4 Å². The number of amides is 1. The van der Waals surface area contributed by atoms with Crippen LogP contribution in [-0.4, -0.2) is 60.4 Å². The Bertz CT molecular complexity index is 781. The number of fused-ring (bicyclic) bond motifs is 1. The van der Waals surface area contributed by atoms with Crippen LogP contribution in [0.4, 0.5) is 13.2 Å². The molecule has 2 N–H and O–H groups in total. The Hall–Kier alpha value is -1.65. The van der Waals surface area contributed by atoms with E-state index in [0.29, 0.717) is 12.0 Å². The van der Waals surface area contributed by atoms with Gasteiger partial charge in [0.05, 0.1) is 6.10 Å². The van der Waals surface area contributed by atoms with E-state index < -0.39 is 12.1 Å². The summed E-state index contributed by atoms with van der Waals surface area (Å²) in [7, 11) is 0. The van der Waals surface area contributed by atoms with Crippen molar-refractivity contribution in [1.82, 2.24) is 10.2 Å². The summed E-state index contributed by atoms with van der Waals surface area (Å²) >= 11 is 1.87. The van der Waals surface area contributed by atoms with E-state index in [1.807, 2.05) is 11.3 Å². The lowest BCUT2D eigenvalue weighted by Gasteiger charge is -2.44. The van der Waals surface area contributed by atoms with E-state index in [1.165, 1.54) is 10.4 Å². The van der Waals surface area contributed by atoms with Gasteiger partial charge in [-0.2, -0.15) is 13.2 Å². The number of nitrogens with one attached hydrogen (secondary N) is 1. The van der Waals surface area contributed by atoms with Crippen molar-refractivity contribution in [3.05, 3.63) is 21.9 Å². The lowest BCUT2D eigenvalue weighted by atomic mass is 9.74. The lowest BCUT2D eigenvalue weighted by molar-refractivity contribution is -0.192. The topological polar surface area (TPSA) is 78.9 Å². The summed E-state index contributed by atoms with van der Waals surface area (Å²) in [5.74, 6) is -2.18. The first-order valence-electron chi connectivity index (χ1n) is 10.6. The molecule has 3 heterocycles. The van der Waals surface area contributed by atoms with Gasteiger partial charge in [-0.05, 0) is 56.0 Å². The minimum atomic E-state index is -5.08. The fourth-order valence-corrected chi connectivity index (χ4v) is 5.28. The highest BCUT2D eigenvalue weighted by Gasteiger charge is 2.47. The summed E-state index contributed by atoms with van der Waals surface area (Å²) in [6, 6.07) is 2.22. The molecule has 0 bridgehead atoms. The summed E-state index contributed by atoms with van der Waals surface area (Å²) in [4.78, 5) is 24.9. The van der Waals surface area contributed by atoms with Gasteiger partial charge in [0.1, 0.15) is 0 Å². The molecule has 3 fully saturated rings. The zero-order valence-electron chi connectivity index (χ0n) is 17.5. The monoisotopic (exact) mass is 462 g/mol. The minimum Gasteiger partial charge on any atom is -0.475 e. The van der Waals surface area contributed by atoms with Crippen molar-refractivity contribution in [2.75, 3.05) is 26.2 Å². The third-order valence-corrected chi connectivity index (χ3v) is 7.30. The van der Waals surface area contributed by atoms with Crippen molar-refractivity contribution in [3.63, 3.8) is 0 Å². The first kappa shape index (κ1) is 24.0. The largest absolute Gasteiger partial charge is 0.490 e. The zero-order chi connectivity index (χ0) is 22.6. The van der Waals surface area contributed by atoms with E-state index in [4.69, 9.17) is 14.6 Å². The normalized spacial score (nSPS) is 26.0. The van der Waals surface area contributed by atoms with Crippen molar-refractivity contribution >= 4 is 23.2 Å². The van der Waals surface area contributed by atoms with E-state index in [0.717, 1.165) is 64.9 Å². The van der Waals surface area contributed by atoms with Gasteiger partial charge in [0.15, 0.2) is 0 Å². The molecule has 1 amide bonds. The Kier molecular flexibility index (Phi) is 7.64. The molecule has 174 valence electrons. The number of halogens is 3. The molecule has 6 nitrogen and oxygen atoms in total. The maximum Gasteiger partial charge on any atom is 0.490 e. The standard InChI is InChI=1S/C19H28N2O2S.C2HF3O2/c1-14-5-11-24-16(14)12-21-9-4-17-19(13-21,7-10-23-17)6-8-20-18(22)15-2-3-15;3-2(4,5)1(6)7/h5,11,15,17H,2-4,6-10,12-13H2,1H3,(H,20,22);(H,6,7)/t17-,19+;/m1./s1. The number of likely N-dealkylation sites (tertiary alicyclic amines) is 1. The third kappa shape index (κ3) is 6.43. The van der Waals surface area contributed by atoms with Crippen LogP contribution >= 0.6 is 11.3 Å². The van der Waals surface area contributed by atoms with E-state index in [9.17, 15) is 18.0 Å². The van der Waals surface area contributed by atoms with Gasteiger partial charge in [-0.1, -0.05) is 0 Å². The molecular weight excluding hydrogens is 433 g/mol. The predicted molar refractivity (Wildman–Crippen MR) is 110 cm³/mol. The number of aryl methyl sites for hydroxylation is 1. The van der Waals surface area contributed by atoms with Crippen LogP contribution in [0, 0.1) is 18.3 Å². The molecule has 3 aliphatic rings. The number of nitrogens with zero attached hydrogens (tertiary/aromatic N) is 1. The molecule has 0 unspecified atom stereocenters. The number of ether oxygens (including phenoxy) is 1. The number of carbonyl (C=O) groups is 2. The van der Waals surface area contributed by atoms with E-state index >= 15 is 0 Å². The van der Waals surface area contributed by atoms with Crippen molar-refractivity contribution in [2.24, 2.45) is 11.3 Å². The number of carboxylic acids is 1. The number of thiophene rings is 1. The quantitative estimate of drug-likeness (QED) is 0.676. The van der Waals surface area contributed by atoms with Gasteiger partial charge >= 0.3 is 12.1 Å². The Morgan fingerprint density at radius 2 is 2.06 bits per heavy atom. The predicted octanol–water partition coefficient (Wildman–Crippen LogP) is 3.59. The number of rotatable bonds is 6. The molecular formula is C21H29F3N2O4S. The molecule has 2 atom stereocenters. The lowest BCUT2D eigenvalue weighted by Crippen LogP contribution is -2.50. The van der Waals surface area contributed by atoms with Crippen molar-refractivity contribution in [3.8, 4) is 0 Å². The SMILES string of the molecule is Cc1ccsc1CN1CC[C@H]2OCC[C@@]2(CCNC(=O)C2CC2)C1.O=C(O)C(F)(F)F. The molecule has 1 aromatic heterocycles. The molecule has 0 radical (unpaired) electrons. The summed E-state index contributed by atoms with van der Waals surface area (Å²) in [6.45, 7) is 7.19. The van der Waals surface area contributed by atoms with Crippen LogP contribution in [0.1, 0.15) is 42.5 Å². The summed E-state index contributed by atoms with van der Waals surface area (Å²) in [5.41, 5.74) is 1.65. The van der Waals surface area contributed by atoms with Crippen molar-refractivity contribution in [2.45, 2.75) is 57.9 Å². The van der Waals surface area contributed by atoms with Gasteiger partial charge in [0.25, 0.3) is 0 Å². The van der Waals surface area contributed by atoms with Gasteiger partial charge < -0.3 is 15.2 Å². The van der Waals surface area contributed by atoms with Crippen molar-refractivity contribution in [1.29, 1.82) is 0 Å². The molecule has 2 saturated heterocycles. The van der Waals surface area contributed by atoms with Gasteiger partial charge in [-0.15, -0.1) is 11.3 Å². The molecule has 1 aliphatic carbocycles. The van der Waals surface area contributed by atoms with Crippen LogP contribution in [0.3, 0.4) is 0 Å². The second-order valence-corrected chi connectivity index (χ2v) is 9.62. The first-order chi connectivity index (χ1) is 14.6. The molecule has 31 heavy (non-hydrogen) atoms. The number of piperidine rings is 1. The first-order valence-corrected chi connectivity index (χ1v) is 11.4. The second kappa shape index (κ2) is 9.87. The molecule has 10 heteroatoms. The summed E-state index contributed by atoms with van der Waals surface area (Å²) in [5, 5.41) is 12.5. The van der Waals surface area contributed by atoms with Gasteiger partial charge in [-0.25, -0.2) is 4.79 Å². The molecule has 1 saturated carbocycles. The number of hydrogen-bond donors (Lipinski definition) is 2. The summed E-state index contributed by atoms with van der Waals surface area (Å²) < 4.78 is 37.8. The Labute approximate surface area is 183 Å². The summed E-state index contributed by atoms with van der Waals surface area (Å²) in [6.07, 6.45) is 0.775. The number of carboxylic acid groups (broad SMARTS) is 1. The molecule has 2 aliphatic heterocycles. The highest BCUT2D eigenvalue weighted by atomic mass is 32.1. The number of aliphatic carboxylic acids is 1. The van der Waals surface area contributed by atoms with Crippen LogP contribution in [0.2, 0.25) is 0 Å². The van der Waals surface area contributed by atoms with Gasteiger partial charge in [-0.3, -0.25) is 9.69 Å². The van der Waals surface area contributed by atoms with Crippen LogP contribution in [0.25, 0.3) is 0 Å². The Balaban J connectivity index is 0.000000339. The molecule has 0 aromatic carbocycles. The van der Waals surface area contributed by atoms with E-state index in [2.05, 4.69) is 28.6 Å². The van der Waals surface area contributed by atoms with Crippen LogP contribution < -0.4 is 5.32 Å². The minimum absolute atomic E-state index is 0.236. The molecule has 1 aromatic rings. The van der Waals surface area contributed by atoms with Crippen molar-refractivity contribution < 1.29 is 32.6 Å². The average molecular weight is 463 g/mol. The zero-order valence-corrected chi connectivity index (χ0v) is 18.4. The molecule has 4 rings (SSSR count). The maximum atomic E-state index is 11.9. The number of hydrogen-bond acceptors (Lipinski definition) is 5. The van der Waals surface area contributed by atoms with E-state index in [1.54, 1.807) is 0 Å². The number of carbonyl (C=O) groups excluding carboxylic acids is 1.